The minimum absolute atomic E-state index is 0.0391. The lowest BCUT2D eigenvalue weighted by Crippen LogP contribution is -2.28. The monoisotopic (exact) mass is 401 g/mol. The third-order valence-electron chi connectivity index (χ3n) is 4.31. The van der Waals surface area contributed by atoms with Gasteiger partial charge >= 0.3 is 5.97 Å². The van der Waals surface area contributed by atoms with E-state index in [1.54, 1.807) is 6.07 Å². The van der Waals surface area contributed by atoms with Gasteiger partial charge in [-0.15, -0.1) is 0 Å². The summed E-state index contributed by atoms with van der Waals surface area (Å²) in [4.78, 5) is 47.4. The number of nitrogens with zero attached hydrogens (tertiary/aromatic N) is 2. The molecule has 9 nitrogen and oxygen atoms in total. The maximum absolute atomic E-state index is 13.9. The molecule has 0 aromatic heterocycles. The minimum atomic E-state index is -0.811. The third-order valence-corrected chi connectivity index (χ3v) is 4.31. The highest BCUT2D eigenvalue weighted by molar-refractivity contribution is 6.00. The zero-order valence-electron chi connectivity index (χ0n) is 15.0. The highest BCUT2D eigenvalue weighted by atomic mass is 19.1. The Morgan fingerprint density at radius 1 is 1.21 bits per heavy atom. The number of carbonyl (C=O) groups excluding carboxylic acids is 3. The summed E-state index contributed by atoms with van der Waals surface area (Å²) >= 11 is 0. The molecule has 1 fully saturated rings. The van der Waals surface area contributed by atoms with Crippen LogP contribution in [0.1, 0.15) is 6.42 Å². The molecule has 1 atom stereocenters. The molecule has 10 heteroatoms. The van der Waals surface area contributed by atoms with Gasteiger partial charge < -0.3 is 15.0 Å². The molecule has 2 aromatic carbocycles. The van der Waals surface area contributed by atoms with E-state index in [0.29, 0.717) is 5.69 Å². The van der Waals surface area contributed by atoms with E-state index in [0.717, 1.165) is 0 Å². The summed E-state index contributed by atoms with van der Waals surface area (Å²) in [5, 5.41) is 13.0. The summed E-state index contributed by atoms with van der Waals surface area (Å²) in [6, 6.07) is 10.9. The van der Waals surface area contributed by atoms with Crippen LogP contribution in [0.2, 0.25) is 0 Å². The van der Waals surface area contributed by atoms with Gasteiger partial charge in [-0.25, -0.2) is 4.39 Å². The number of carbonyl (C=O) groups is 3. The van der Waals surface area contributed by atoms with E-state index >= 15 is 0 Å². The number of nitrogens with one attached hydrogen (secondary N) is 1. The van der Waals surface area contributed by atoms with Crippen LogP contribution in [0.3, 0.4) is 0 Å². The van der Waals surface area contributed by atoms with Crippen molar-refractivity contribution in [1.82, 2.24) is 0 Å². The largest absolute Gasteiger partial charge is 0.455 e. The second-order valence-electron chi connectivity index (χ2n) is 6.32. The van der Waals surface area contributed by atoms with E-state index in [1.807, 2.05) is 0 Å². The number of hydrogen-bond acceptors (Lipinski definition) is 6. The molecular formula is C19H16FN3O6. The molecule has 0 aliphatic carbocycles. The number of rotatable bonds is 6. The van der Waals surface area contributed by atoms with Gasteiger partial charge in [0, 0.05) is 30.8 Å². The molecule has 150 valence electrons. The number of ether oxygens (including phenoxy) is 1. The summed E-state index contributed by atoms with van der Waals surface area (Å²) in [5.41, 5.74) is 0.266. The van der Waals surface area contributed by atoms with Gasteiger partial charge in [-0.05, 0) is 24.3 Å². The van der Waals surface area contributed by atoms with Crippen LogP contribution < -0.4 is 10.2 Å². The number of anilines is 2. The van der Waals surface area contributed by atoms with Crippen molar-refractivity contribution in [3.63, 3.8) is 0 Å². The standard InChI is InChI=1S/C19H16FN3O6/c20-15-3-1-2-4-16(15)22-10-12(9-18(22)25)19(26)29-11-17(24)21-13-5-7-14(8-6-13)23(27)28/h1-8,12H,9-11H2,(H,21,24)/t12-/m1/s1. The maximum Gasteiger partial charge on any atom is 0.311 e. The average Bonchev–Trinajstić information content (AvgIpc) is 3.08. The van der Waals surface area contributed by atoms with Crippen LogP contribution in [0.5, 0.6) is 0 Å². The number of hydrogen-bond donors (Lipinski definition) is 1. The van der Waals surface area contributed by atoms with E-state index in [1.165, 1.54) is 47.4 Å². The second kappa shape index (κ2) is 8.46. The smallest absolute Gasteiger partial charge is 0.311 e. The van der Waals surface area contributed by atoms with Crippen LogP contribution in [0.4, 0.5) is 21.5 Å². The summed E-state index contributed by atoms with van der Waals surface area (Å²) in [5.74, 6) is -3.17. The first-order valence-electron chi connectivity index (χ1n) is 8.61. The quantitative estimate of drug-likeness (QED) is 0.451. The van der Waals surface area contributed by atoms with Crippen molar-refractivity contribution < 1.29 is 28.4 Å². The van der Waals surface area contributed by atoms with Gasteiger partial charge in [0.2, 0.25) is 5.91 Å². The van der Waals surface area contributed by atoms with Crippen LogP contribution in [0.15, 0.2) is 48.5 Å². The lowest BCUT2D eigenvalue weighted by Gasteiger charge is -2.17. The van der Waals surface area contributed by atoms with Crippen molar-refractivity contribution in [2.24, 2.45) is 5.92 Å². The molecule has 3 rings (SSSR count). The first kappa shape index (κ1) is 19.9. The van der Waals surface area contributed by atoms with E-state index in [4.69, 9.17) is 4.74 Å². The fraction of sp³-hybridized carbons (Fsp3) is 0.211. The third kappa shape index (κ3) is 4.72. The van der Waals surface area contributed by atoms with Crippen LogP contribution in [0, 0.1) is 21.8 Å². The summed E-state index contributed by atoms with van der Waals surface area (Å²) in [7, 11) is 0. The number of esters is 1. The number of benzene rings is 2. The van der Waals surface area contributed by atoms with Crippen LogP contribution in [-0.2, 0) is 19.1 Å². The summed E-state index contributed by atoms with van der Waals surface area (Å²) in [6.07, 6.45) is -0.142. The molecule has 0 bridgehead atoms. The van der Waals surface area contributed by atoms with Crippen molar-refractivity contribution >= 4 is 34.8 Å². The van der Waals surface area contributed by atoms with Gasteiger partial charge in [0.15, 0.2) is 6.61 Å². The van der Waals surface area contributed by atoms with Crippen LogP contribution in [0.25, 0.3) is 0 Å². The van der Waals surface area contributed by atoms with Gasteiger partial charge in [-0.3, -0.25) is 24.5 Å². The number of halogens is 1. The Balaban J connectivity index is 1.51. The molecule has 1 aliphatic rings. The van der Waals surface area contributed by atoms with Crippen molar-refractivity contribution in [1.29, 1.82) is 0 Å². The number of para-hydroxylation sites is 1. The number of amides is 2. The Hall–Kier alpha value is -3.82. The van der Waals surface area contributed by atoms with E-state index in [9.17, 15) is 28.9 Å². The Labute approximate surface area is 164 Å². The molecule has 1 heterocycles. The lowest BCUT2D eigenvalue weighted by atomic mass is 10.1. The Kier molecular flexibility index (Phi) is 5.82. The normalized spacial score (nSPS) is 15.8. The van der Waals surface area contributed by atoms with Gasteiger partial charge in [-0.1, -0.05) is 12.1 Å². The number of nitro benzene ring substituents is 1. The molecule has 0 radical (unpaired) electrons. The molecule has 0 spiro atoms. The average molecular weight is 401 g/mol. The van der Waals surface area contributed by atoms with E-state index < -0.39 is 41.0 Å². The lowest BCUT2D eigenvalue weighted by molar-refractivity contribution is -0.384. The van der Waals surface area contributed by atoms with E-state index in [2.05, 4.69) is 5.32 Å². The van der Waals surface area contributed by atoms with Gasteiger partial charge in [-0.2, -0.15) is 0 Å². The minimum Gasteiger partial charge on any atom is -0.455 e. The number of non-ortho nitro benzene ring substituents is 1. The molecule has 2 amide bonds. The molecule has 1 N–H and O–H groups in total. The van der Waals surface area contributed by atoms with Gasteiger partial charge in [0.05, 0.1) is 16.5 Å². The predicted octanol–water partition coefficient (Wildman–Crippen LogP) is 2.27. The van der Waals surface area contributed by atoms with E-state index in [-0.39, 0.29) is 24.3 Å². The van der Waals surface area contributed by atoms with Crippen LogP contribution >= 0.6 is 0 Å². The summed E-state index contributed by atoms with van der Waals surface area (Å²) in [6.45, 7) is -0.622. The predicted molar refractivity (Wildman–Crippen MR) is 99.5 cm³/mol. The zero-order chi connectivity index (χ0) is 21.0. The van der Waals surface area contributed by atoms with Gasteiger partial charge in [0.1, 0.15) is 5.82 Å². The molecule has 0 unspecified atom stereocenters. The Morgan fingerprint density at radius 2 is 1.90 bits per heavy atom. The van der Waals surface area contributed by atoms with Crippen molar-refractivity contribution in [2.45, 2.75) is 6.42 Å². The zero-order valence-corrected chi connectivity index (χ0v) is 15.0. The fourth-order valence-corrected chi connectivity index (χ4v) is 2.89. The van der Waals surface area contributed by atoms with Gasteiger partial charge in [0.25, 0.3) is 11.6 Å². The fourth-order valence-electron chi connectivity index (χ4n) is 2.89. The van der Waals surface area contributed by atoms with Crippen LogP contribution in [-0.4, -0.2) is 35.9 Å². The molecule has 1 saturated heterocycles. The van der Waals surface area contributed by atoms with Crippen molar-refractivity contribution in [2.75, 3.05) is 23.4 Å². The molecule has 0 saturated carbocycles. The number of nitro groups is 1. The maximum atomic E-state index is 13.9. The highest BCUT2D eigenvalue weighted by Gasteiger charge is 2.37. The first-order valence-corrected chi connectivity index (χ1v) is 8.61. The highest BCUT2D eigenvalue weighted by Crippen LogP contribution is 2.27. The molecule has 1 aliphatic heterocycles. The molecular weight excluding hydrogens is 385 g/mol. The van der Waals surface area contributed by atoms with Crippen molar-refractivity contribution in [3.05, 3.63) is 64.5 Å². The Bertz CT molecular complexity index is 963. The summed E-state index contributed by atoms with van der Waals surface area (Å²) < 4.78 is 18.8. The molecule has 29 heavy (non-hydrogen) atoms. The topological polar surface area (TPSA) is 119 Å². The molecule has 2 aromatic rings. The second-order valence-corrected chi connectivity index (χ2v) is 6.32. The Morgan fingerprint density at radius 3 is 2.55 bits per heavy atom. The first-order chi connectivity index (χ1) is 13.8. The van der Waals surface area contributed by atoms with Crippen molar-refractivity contribution in [3.8, 4) is 0 Å². The SMILES string of the molecule is O=C(COC(=O)[C@@H]1CC(=O)N(c2ccccc2F)C1)Nc1ccc([N+](=O)[O-])cc1.